The van der Waals surface area contributed by atoms with Gasteiger partial charge in [-0.05, 0) is 71.6 Å². The molecule has 0 spiro atoms. The van der Waals surface area contributed by atoms with Gasteiger partial charge in [-0.3, -0.25) is 25.4 Å². The normalized spacial score (nSPS) is 18.0. The Morgan fingerprint density at radius 2 is 1.94 bits per heavy atom. The van der Waals surface area contributed by atoms with Crippen LogP contribution in [0.1, 0.15) is 56.4 Å². The molecule has 3 aromatic rings. The molecular weight excluding hydrogens is 424 g/mol. The number of fused-ring (bicyclic) bond motifs is 2. The van der Waals surface area contributed by atoms with Crippen molar-refractivity contribution in [1.29, 1.82) is 0 Å². The maximum absolute atomic E-state index is 13.1. The van der Waals surface area contributed by atoms with Crippen molar-refractivity contribution in [2.24, 2.45) is 0 Å². The van der Waals surface area contributed by atoms with Gasteiger partial charge in [-0.2, -0.15) is 10.1 Å². The standard InChI is InChI=1S/C23H30N6O4/c1-11-12(2)17-14(13(3)16(11)30)8-9-23(7,33-17)20(32)27-28-21-25-18-15(19(31)26-21)10-24-29(18)22(4,5)6/h10,30H,8-9H2,1-7H3,(H,27,32)(H2,25,26,28,31). The summed E-state index contributed by atoms with van der Waals surface area (Å²) in [5.41, 5.74) is 7.11. The number of hydrazine groups is 1. The lowest BCUT2D eigenvalue weighted by atomic mass is 9.87. The number of carbonyl (C=O) groups excluding carboxylic acids is 1. The molecule has 1 unspecified atom stereocenters. The van der Waals surface area contributed by atoms with E-state index in [-0.39, 0.29) is 22.8 Å². The second-order valence-electron chi connectivity index (χ2n) is 9.82. The van der Waals surface area contributed by atoms with Gasteiger partial charge < -0.3 is 9.84 Å². The molecule has 4 N–H and O–H groups in total. The quantitative estimate of drug-likeness (QED) is 0.447. The van der Waals surface area contributed by atoms with Crippen LogP contribution in [0, 0.1) is 20.8 Å². The fourth-order valence-electron chi connectivity index (χ4n) is 4.12. The van der Waals surface area contributed by atoms with Crippen LogP contribution in [-0.2, 0) is 16.8 Å². The molecule has 10 heteroatoms. The Balaban J connectivity index is 1.58. The number of rotatable bonds is 3. The van der Waals surface area contributed by atoms with Gasteiger partial charge in [0.25, 0.3) is 11.5 Å². The first-order valence-corrected chi connectivity index (χ1v) is 10.9. The summed E-state index contributed by atoms with van der Waals surface area (Å²) >= 11 is 0. The Bertz CT molecular complexity index is 1330. The minimum atomic E-state index is -1.14. The Kier molecular flexibility index (Phi) is 5.14. The molecule has 4 rings (SSSR count). The van der Waals surface area contributed by atoms with Crippen molar-refractivity contribution in [3.8, 4) is 11.5 Å². The van der Waals surface area contributed by atoms with E-state index in [1.54, 1.807) is 11.6 Å². The fourth-order valence-corrected chi connectivity index (χ4v) is 4.12. The molecule has 0 saturated carbocycles. The van der Waals surface area contributed by atoms with Gasteiger partial charge in [0.2, 0.25) is 5.95 Å². The van der Waals surface area contributed by atoms with Crippen molar-refractivity contribution in [3.63, 3.8) is 0 Å². The van der Waals surface area contributed by atoms with Gasteiger partial charge in [0.05, 0.1) is 11.7 Å². The van der Waals surface area contributed by atoms with Crippen LogP contribution in [0.4, 0.5) is 5.95 Å². The molecule has 1 atom stereocenters. The van der Waals surface area contributed by atoms with Gasteiger partial charge >= 0.3 is 0 Å². The van der Waals surface area contributed by atoms with Crippen LogP contribution in [0.2, 0.25) is 0 Å². The van der Waals surface area contributed by atoms with E-state index in [4.69, 9.17) is 4.74 Å². The Hall–Kier alpha value is -3.56. The lowest BCUT2D eigenvalue weighted by Crippen LogP contribution is -2.52. The highest BCUT2D eigenvalue weighted by Gasteiger charge is 2.41. The number of anilines is 1. The van der Waals surface area contributed by atoms with Crippen LogP contribution in [0.3, 0.4) is 0 Å². The number of phenolic OH excluding ortho intramolecular Hbond substituents is 1. The van der Waals surface area contributed by atoms with Gasteiger partial charge in [-0.15, -0.1) is 0 Å². The molecule has 10 nitrogen and oxygen atoms in total. The van der Waals surface area contributed by atoms with Crippen molar-refractivity contribution in [3.05, 3.63) is 38.8 Å². The number of nitrogens with one attached hydrogen (secondary N) is 3. The smallest absolute Gasteiger partial charge is 0.282 e. The molecular formula is C23H30N6O4. The molecule has 0 saturated heterocycles. The van der Waals surface area contributed by atoms with E-state index in [1.165, 1.54) is 6.20 Å². The summed E-state index contributed by atoms with van der Waals surface area (Å²) in [6.07, 6.45) is 2.49. The van der Waals surface area contributed by atoms with E-state index in [2.05, 4.69) is 25.9 Å². The third-order valence-electron chi connectivity index (χ3n) is 6.37. The molecule has 1 aliphatic rings. The Morgan fingerprint density at radius 1 is 1.24 bits per heavy atom. The first-order chi connectivity index (χ1) is 15.3. The summed E-state index contributed by atoms with van der Waals surface area (Å²) in [6.45, 7) is 13.2. The van der Waals surface area contributed by atoms with Crippen molar-refractivity contribution >= 4 is 22.9 Å². The number of aromatic amines is 1. The van der Waals surface area contributed by atoms with Crippen molar-refractivity contribution in [1.82, 2.24) is 25.2 Å². The minimum Gasteiger partial charge on any atom is -0.507 e. The first-order valence-electron chi connectivity index (χ1n) is 10.9. The first kappa shape index (κ1) is 22.6. The highest BCUT2D eigenvalue weighted by atomic mass is 16.5. The molecule has 0 radical (unpaired) electrons. The highest BCUT2D eigenvalue weighted by Crippen LogP contribution is 2.43. The number of hydrogen-bond acceptors (Lipinski definition) is 7. The zero-order valence-electron chi connectivity index (χ0n) is 20.0. The number of amides is 1. The lowest BCUT2D eigenvalue weighted by Gasteiger charge is -2.36. The lowest BCUT2D eigenvalue weighted by molar-refractivity contribution is -0.136. The molecule has 1 aromatic carbocycles. The highest BCUT2D eigenvalue weighted by molar-refractivity contribution is 5.86. The van der Waals surface area contributed by atoms with Crippen molar-refractivity contribution < 1.29 is 14.6 Å². The maximum Gasteiger partial charge on any atom is 0.282 e. The molecule has 2 aromatic heterocycles. The SMILES string of the molecule is Cc1c(C)c2c(c(C)c1O)CCC(C)(C(=O)NNc1nc3c(cnn3C(C)(C)C)c(=O)[nH]1)O2. The fraction of sp³-hybridized carbons (Fsp3) is 0.478. The van der Waals surface area contributed by atoms with E-state index in [0.717, 1.165) is 22.3 Å². The number of phenols is 1. The summed E-state index contributed by atoms with van der Waals surface area (Å²) in [5.74, 6) is 0.598. The molecule has 33 heavy (non-hydrogen) atoms. The Labute approximate surface area is 191 Å². The molecule has 0 fully saturated rings. The number of ether oxygens (including phenoxy) is 1. The summed E-state index contributed by atoms with van der Waals surface area (Å²) in [5, 5.41) is 15.0. The second kappa shape index (κ2) is 7.50. The number of aromatic hydroxyl groups is 1. The average molecular weight is 455 g/mol. The molecule has 176 valence electrons. The van der Waals surface area contributed by atoms with Gasteiger partial charge in [0.15, 0.2) is 11.2 Å². The van der Waals surface area contributed by atoms with Crippen molar-refractivity contribution in [2.45, 2.75) is 72.4 Å². The number of H-pyrrole nitrogens is 1. The zero-order valence-corrected chi connectivity index (χ0v) is 20.0. The van der Waals surface area contributed by atoms with Gasteiger partial charge in [-0.1, -0.05) is 0 Å². The third-order valence-corrected chi connectivity index (χ3v) is 6.37. The average Bonchev–Trinajstić information content (AvgIpc) is 3.19. The van der Waals surface area contributed by atoms with Crippen LogP contribution < -0.4 is 21.1 Å². The number of benzene rings is 1. The molecule has 0 bridgehead atoms. The number of aromatic nitrogens is 4. The molecule has 0 aliphatic carbocycles. The van der Waals surface area contributed by atoms with Gasteiger partial charge in [-0.25, -0.2) is 4.68 Å². The van der Waals surface area contributed by atoms with Crippen LogP contribution in [0.25, 0.3) is 11.0 Å². The van der Waals surface area contributed by atoms with Crippen LogP contribution in [-0.4, -0.2) is 36.4 Å². The molecule has 1 aliphatic heterocycles. The zero-order chi connectivity index (χ0) is 24.3. The topological polar surface area (TPSA) is 134 Å². The van der Waals surface area contributed by atoms with Crippen molar-refractivity contribution in [2.75, 3.05) is 5.43 Å². The van der Waals surface area contributed by atoms with Crippen LogP contribution in [0.15, 0.2) is 11.0 Å². The summed E-state index contributed by atoms with van der Waals surface area (Å²) < 4.78 is 7.86. The molecule has 3 heterocycles. The van der Waals surface area contributed by atoms with E-state index in [1.807, 2.05) is 41.5 Å². The van der Waals surface area contributed by atoms with Gasteiger partial charge in [0.1, 0.15) is 16.9 Å². The van der Waals surface area contributed by atoms with Crippen LogP contribution >= 0.6 is 0 Å². The van der Waals surface area contributed by atoms with E-state index >= 15 is 0 Å². The Morgan fingerprint density at radius 3 is 2.61 bits per heavy atom. The second-order valence-corrected chi connectivity index (χ2v) is 9.82. The summed E-state index contributed by atoms with van der Waals surface area (Å²) in [4.78, 5) is 32.6. The maximum atomic E-state index is 13.1. The predicted octanol–water partition coefficient (Wildman–Crippen LogP) is 2.73. The predicted molar refractivity (Wildman–Crippen MR) is 125 cm³/mol. The number of nitrogens with zero attached hydrogens (tertiary/aromatic N) is 3. The molecule has 1 amide bonds. The van der Waals surface area contributed by atoms with Crippen LogP contribution in [0.5, 0.6) is 11.5 Å². The number of carbonyl (C=O) groups is 1. The monoisotopic (exact) mass is 454 g/mol. The number of hydrogen-bond donors (Lipinski definition) is 4. The van der Waals surface area contributed by atoms with E-state index in [9.17, 15) is 14.7 Å². The minimum absolute atomic E-state index is 0.0967. The van der Waals surface area contributed by atoms with Gasteiger partial charge in [0, 0.05) is 12.0 Å². The summed E-state index contributed by atoms with van der Waals surface area (Å²) in [6, 6.07) is 0. The van der Waals surface area contributed by atoms with E-state index in [0.29, 0.717) is 29.6 Å². The van der Waals surface area contributed by atoms with E-state index < -0.39 is 11.5 Å². The summed E-state index contributed by atoms with van der Waals surface area (Å²) in [7, 11) is 0. The third kappa shape index (κ3) is 3.69. The largest absolute Gasteiger partial charge is 0.507 e.